The molecule has 118 valence electrons. The Morgan fingerprint density at radius 1 is 1.26 bits per heavy atom. The third-order valence-electron chi connectivity index (χ3n) is 2.97. The number of amides is 1. The van der Waals surface area contributed by atoms with Crippen molar-refractivity contribution in [2.45, 2.75) is 0 Å². The molecule has 0 atom stereocenters. The molecule has 0 aliphatic heterocycles. The maximum atomic E-state index is 13.7. The quantitative estimate of drug-likeness (QED) is 0.654. The van der Waals surface area contributed by atoms with Gasteiger partial charge in [-0.2, -0.15) is 5.10 Å². The topological polar surface area (TPSA) is 88.0 Å². The van der Waals surface area contributed by atoms with Gasteiger partial charge in [0.1, 0.15) is 11.6 Å². The number of nitrogens with one attached hydrogen (secondary N) is 1. The van der Waals surface area contributed by atoms with Crippen LogP contribution in [0.1, 0.15) is 26.3 Å². The van der Waals surface area contributed by atoms with Crippen molar-refractivity contribution in [2.24, 2.45) is 5.10 Å². The van der Waals surface area contributed by atoms with E-state index in [2.05, 4.69) is 10.5 Å². The van der Waals surface area contributed by atoms with Crippen molar-refractivity contribution in [1.82, 2.24) is 5.43 Å². The minimum Gasteiger partial charge on any atom is -0.496 e. The van der Waals surface area contributed by atoms with E-state index in [1.165, 1.54) is 19.2 Å². The van der Waals surface area contributed by atoms with Crippen molar-refractivity contribution in [3.63, 3.8) is 0 Å². The summed E-state index contributed by atoms with van der Waals surface area (Å²) in [5, 5.41) is 12.4. The van der Waals surface area contributed by atoms with Gasteiger partial charge in [-0.05, 0) is 30.3 Å². The molecule has 0 unspecified atom stereocenters. The molecule has 0 radical (unpaired) electrons. The van der Waals surface area contributed by atoms with Gasteiger partial charge in [0.25, 0.3) is 5.91 Å². The van der Waals surface area contributed by atoms with Crippen LogP contribution in [0.3, 0.4) is 0 Å². The lowest BCUT2D eigenvalue weighted by molar-refractivity contribution is 0.0696. The van der Waals surface area contributed by atoms with E-state index < -0.39 is 17.7 Å². The maximum absolute atomic E-state index is 13.7. The van der Waals surface area contributed by atoms with Gasteiger partial charge >= 0.3 is 5.97 Å². The summed E-state index contributed by atoms with van der Waals surface area (Å²) in [5.41, 5.74) is 2.42. The van der Waals surface area contributed by atoms with E-state index in [4.69, 9.17) is 9.84 Å². The van der Waals surface area contributed by atoms with Crippen molar-refractivity contribution in [3.8, 4) is 5.75 Å². The molecule has 0 aliphatic carbocycles. The summed E-state index contributed by atoms with van der Waals surface area (Å²) in [6.07, 6.45) is 1.09. The van der Waals surface area contributed by atoms with Gasteiger partial charge in [0.05, 0.1) is 24.5 Å². The molecule has 6 nitrogen and oxygen atoms in total. The highest BCUT2D eigenvalue weighted by Crippen LogP contribution is 2.16. The summed E-state index contributed by atoms with van der Waals surface area (Å²) in [4.78, 5) is 22.7. The van der Waals surface area contributed by atoms with Gasteiger partial charge in [-0.1, -0.05) is 12.1 Å². The molecule has 0 fully saturated rings. The molecule has 7 heteroatoms. The zero-order chi connectivity index (χ0) is 16.8. The van der Waals surface area contributed by atoms with E-state index in [9.17, 15) is 14.0 Å². The summed E-state index contributed by atoms with van der Waals surface area (Å²) < 4.78 is 18.7. The first kappa shape index (κ1) is 16.2. The number of benzene rings is 2. The molecule has 0 saturated carbocycles. The summed E-state index contributed by atoms with van der Waals surface area (Å²) >= 11 is 0. The molecule has 0 aliphatic rings. The number of para-hydroxylation sites is 1. The fraction of sp³-hybridized carbons (Fsp3) is 0.0625. The van der Waals surface area contributed by atoms with E-state index in [0.29, 0.717) is 5.75 Å². The lowest BCUT2D eigenvalue weighted by atomic mass is 10.1. The van der Waals surface area contributed by atoms with Crippen LogP contribution in [0, 0.1) is 5.82 Å². The van der Waals surface area contributed by atoms with Crippen LogP contribution in [0.15, 0.2) is 47.6 Å². The normalized spacial score (nSPS) is 10.5. The highest BCUT2D eigenvalue weighted by Gasteiger charge is 2.10. The van der Waals surface area contributed by atoms with E-state index in [1.807, 2.05) is 0 Å². The molecule has 2 rings (SSSR count). The molecule has 0 saturated heterocycles. The standard InChI is InChI=1S/C16H13FN2O4/c1-23-14-5-3-2-4-12(14)15(20)19-18-9-11-7-6-10(16(21)22)8-13(11)17/h2-9H,1H3,(H,19,20)(H,21,22)/b18-9+. The Morgan fingerprint density at radius 3 is 2.65 bits per heavy atom. The fourth-order valence-corrected chi connectivity index (χ4v) is 1.82. The number of hydrogen-bond acceptors (Lipinski definition) is 4. The molecule has 2 N–H and O–H groups in total. The molecular weight excluding hydrogens is 303 g/mol. The third-order valence-corrected chi connectivity index (χ3v) is 2.97. The second kappa shape index (κ2) is 7.17. The van der Waals surface area contributed by atoms with Gasteiger partial charge in [-0.15, -0.1) is 0 Å². The van der Waals surface area contributed by atoms with E-state index in [1.54, 1.807) is 24.3 Å². The smallest absolute Gasteiger partial charge is 0.335 e. The van der Waals surface area contributed by atoms with E-state index in [-0.39, 0.29) is 16.7 Å². The molecule has 0 heterocycles. The molecule has 2 aromatic rings. The minimum atomic E-state index is -1.23. The Balaban J connectivity index is 2.10. The van der Waals surface area contributed by atoms with Crippen molar-refractivity contribution in [3.05, 3.63) is 65.0 Å². The summed E-state index contributed by atoms with van der Waals surface area (Å²) in [7, 11) is 1.44. The molecule has 0 aromatic heterocycles. The average Bonchev–Trinajstić information content (AvgIpc) is 2.55. The van der Waals surface area contributed by atoms with Gasteiger partial charge in [-0.25, -0.2) is 14.6 Å². The van der Waals surface area contributed by atoms with Crippen LogP contribution in [0.25, 0.3) is 0 Å². The van der Waals surface area contributed by atoms with Crippen molar-refractivity contribution in [1.29, 1.82) is 0 Å². The van der Waals surface area contributed by atoms with Gasteiger partial charge < -0.3 is 9.84 Å². The predicted molar refractivity (Wildman–Crippen MR) is 81.4 cm³/mol. The van der Waals surface area contributed by atoms with Crippen molar-refractivity contribution < 1.29 is 23.8 Å². The summed E-state index contributed by atoms with van der Waals surface area (Å²) in [5.74, 6) is -2.10. The largest absolute Gasteiger partial charge is 0.496 e. The van der Waals surface area contributed by atoms with Crippen LogP contribution in [0.2, 0.25) is 0 Å². The first-order valence-electron chi connectivity index (χ1n) is 6.52. The van der Waals surface area contributed by atoms with Crippen LogP contribution < -0.4 is 10.2 Å². The Kier molecular flexibility index (Phi) is 5.03. The van der Waals surface area contributed by atoms with Crippen LogP contribution >= 0.6 is 0 Å². The molecule has 0 bridgehead atoms. The summed E-state index contributed by atoms with van der Waals surface area (Å²) in [6, 6.07) is 9.97. The van der Waals surface area contributed by atoms with Crippen LogP contribution in [0.4, 0.5) is 4.39 Å². The number of nitrogens with zero attached hydrogens (tertiary/aromatic N) is 1. The van der Waals surface area contributed by atoms with Gasteiger partial charge in [0.15, 0.2) is 0 Å². The van der Waals surface area contributed by atoms with Crippen LogP contribution in [0.5, 0.6) is 5.75 Å². The monoisotopic (exact) mass is 316 g/mol. The number of hydrazone groups is 1. The lowest BCUT2D eigenvalue weighted by Crippen LogP contribution is -2.18. The SMILES string of the molecule is COc1ccccc1C(=O)N/N=C/c1ccc(C(=O)O)cc1F. The highest BCUT2D eigenvalue weighted by atomic mass is 19.1. The van der Waals surface area contributed by atoms with Crippen LogP contribution in [-0.4, -0.2) is 30.3 Å². The maximum Gasteiger partial charge on any atom is 0.335 e. The zero-order valence-electron chi connectivity index (χ0n) is 12.1. The molecule has 0 spiro atoms. The van der Waals surface area contributed by atoms with Gasteiger partial charge in [-0.3, -0.25) is 4.79 Å². The Bertz CT molecular complexity index is 774. The number of methoxy groups -OCH3 is 1. The zero-order valence-corrected chi connectivity index (χ0v) is 12.1. The number of ether oxygens (including phenoxy) is 1. The second-order valence-electron chi connectivity index (χ2n) is 4.44. The predicted octanol–water partition coefficient (Wildman–Crippen LogP) is 2.30. The number of hydrogen-bond donors (Lipinski definition) is 2. The number of rotatable bonds is 5. The molecular formula is C16H13FN2O4. The number of aromatic carboxylic acids is 1. The van der Waals surface area contributed by atoms with E-state index >= 15 is 0 Å². The lowest BCUT2D eigenvalue weighted by Gasteiger charge is -2.06. The molecule has 1 amide bonds. The molecule has 23 heavy (non-hydrogen) atoms. The second-order valence-corrected chi connectivity index (χ2v) is 4.44. The first-order valence-corrected chi connectivity index (χ1v) is 6.52. The number of carbonyl (C=O) groups excluding carboxylic acids is 1. The Hall–Kier alpha value is -3.22. The highest BCUT2D eigenvalue weighted by molar-refractivity contribution is 5.97. The first-order chi connectivity index (χ1) is 11.0. The fourth-order valence-electron chi connectivity index (χ4n) is 1.82. The van der Waals surface area contributed by atoms with E-state index in [0.717, 1.165) is 12.3 Å². The Morgan fingerprint density at radius 2 is 2.00 bits per heavy atom. The van der Waals surface area contributed by atoms with Crippen LogP contribution in [-0.2, 0) is 0 Å². The van der Waals surface area contributed by atoms with Crippen molar-refractivity contribution in [2.75, 3.05) is 7.11 Å². The number of carbonyl (C=O) groups is 2. The van der Waals surface area contributed by atoms with Crippen molar-refractivity contribution >= 4 is 18.1 Å². The average molecular weight is 316 g/mol. The summed E-state index contributed by atoms with van der Waals surface area (Å²) in [6.45, 7) is 0. The minimum absolute atomic E-state index is 0.0512. The van der Waals surface area contributed by atoms with Gasteiger partial charge in [0, 0.05) is 5.56 Å². The third kappa shape index (κ3) is 3.91. The number of carboxylic acid groups (broad SMARTS) is 1. The van der Waals surface area contributed by atoms with Gasteiger partial charge in [0.2, 0.25) is 0 Å². The molecule has 2 aromatic carbocycles. The Labute approximate surface area is 131 Å². The number of halogens is 1. The number of carboxylic acids is 1.